The van der Waals surface area contributed by atoms with E-state index in [0.29, 0.717) is 22.9 Å². The van der Waals surface area contributed by atoms with Crippen molar-refractivity contribution in [3.63, 3.8) is 0 Å². The summed E-state index contributed by atoms with van der Waals surface area (Å²) in [7, 11) is 1.59. The molecule has 1 unspecified atom stereocenters. The number of hydrogen-bond donors (Lipinski definition) is 1. The number of nitrogens with one attached hydrogen (secondary N) is 1. The zero-order chi connectivity index (χ0) is 11.5. The molecule has 0 amide bonds. The van der Waals surface area contributed by atoms with Crippen molar-refractivity contribution >= 4 is 0 Å². The third kappa shape index (κ3) is 2.19. The molecular weight excluding hydrogens is 205 g/mol. The van der Waals surface area contributed by atoms with Crippen LogP contribution >= 0.6 is 0 Å². The Morgan fingerprint density at radius 2 is 2.31 bits per heavy atom. The van der Waals surface area contributed by atoms with Crippen molar-refractivity contribution in [2.24, 2.45) is 0 Å². The molecule has 0 bridgehead atoms. The summed E-state index contributed by atoms with van der Waals surface area (Å²) in [6.45, 7) is 2.83. The van der Waals surface area contributed by atoms with E-state index in [1.165, 1.54) is 6.42 Å². The highest BCUT2D eigenvalue weighted by Gasteiger charge is 2.19. The van der Waals surface area contributed by atoms with Crippen LogP contribution in [0.25, 0.3) is 0 Å². The number of aryl methyl sites for hydroxylation is 1. The molecule has 3 heteroatoms. The van der Waals surface area contributed by atoms with Gasteiger partial charge in [0.25, 0.3) is 0 Å². The fraction of sp³-hybridized carbons (Fsp3) is 0.538. The van der Waals surface area contributed by atoms with E-state index in [9.17, 15) is 4.39 Å². The van der Waals surface area contributed by atoms with E-state index >= 15 is 0 Å². The van der Waals surface area contributed by atoms with Gasteiger partial charge in [0.15, 0.2) is 0 Å². The Morgan fingerprint density at radius 1 is 1.50 bits per heavy atom. The average molecular weight is 223 g/mol. The van der Waals surface area contributed by atoms with Gasteiger partial charge in [-0.05, 0) is 44.4 Å². The third-order valence-corrected chi connectivity index (χ3v) is 3.23. The average Bonchev–Trinajstić information content (AvgIpc) is 2.78. The van der Waals surface area contributed by atoms with E-state index in [1.54, 1.807) is 20.1 Å². The van der Waals surface area contributed by atoms with Gasteiger partial charge in [0.05, 0.1) is 7.11 Å². The maximum atomic E-state index is 14.0. The van der Waals surface area contributed by atoms with Gasteiger partial charge < -0.3 is 10.1 Å². The van der Waals surface area contributed by atoms with Crippen molar-refractivity contribution in [2.75, 3.05) is 13.7 Å². The van der Waals surface area contributed by atoms with Gasteiger partial charge in [-0.3, -0.25) is 0 Å². The molecule has 1 atom stereocenters. The fourth-order valence-electron chi connectivity index (χ4n) is 2.28. The summed E-state index contributed by atoms with van der Waals surface area (Å²) in [6, 6.07) is 4.01. The monoisotopic (exact) mass is 223 g/mol. The lowest BCUT2D eigenvalue weighted by Crippen LogP contribution is -2.24. The van der Waals surface area contributed by atoms with Crippen molar-refractivity contribution in [1.82, 2.24) is 5.32 Å². The Bertz CT molecular complexity index is 372. The number of rotatable bonds is 3. The highest BCUT2D eigenvalue weighted by atomic mass is 19.1. The topological polar surface area (TPSA) is 21.3 Å². The van der Waals surface area contributed by atoms with Gasteiger partial charge in [0, 0.05) is 11.6 Å². The molecule has 0 radical (unpaired) electrons. The fourth-order valence-corrected chi connectivity index (χ4v) is 2.28. The summed E-state index contributed by atoms with van der Waals surface area (Å²) in [5, 5.41) is 3.38. The van der Waals surface area contributed by atoms with Crippen LogP contribution in [0.15, 0.2) is 12.1 Å². The van der Waals surface area contributed by atoms with Crippen molar-refractivity contribution in [3.05, 3.63) is 29.1 Å². The van der Waals surface area contributed by atoms with E-state index in [0.717, 1.165) is 19.4 Å². The number of benzene rings is 1. The largest absolute Gasteiger partial charge is 0.496 e. The van der Waals surface area contributed by atoms with Gasteiger partial charge in [-0.25, -0.2) is 4.39 Å². The van der Waals surface area contributed by atoms with Gasteiger partial charge in [-0.2, -0.15) is 0 Å². The lowest BCUT2D eigenvalue weighted by molar-refractivity contribution is 0.400. The van der Waals surface area contributed by atoms with Crippen LogP contribution in [-0.4, -0.2) is 19.7 Å². The Labute approximate surface area is 95.8 Å². The number of ether oxygens (including phenoxy) is 1. The van der Waals surface area contributed by atoms with Gasteiger partial charge in [-0.1, -0.05) is 6.07 Å². The van der Waals surface area contributed by atoms with Crippen LogP contribution in [0.3, 0.4) is 0 Å². The smallest absolute Gasteiger partial charge is 0.133 e. The van der Waals surface area contributed by atoms with Crippen molar-refractivity contribution < 1.29 is 9.13 Å². The second-order valence-corrected chi connectivity index (χ2v) is 4.37. The molecule has 1 fully saturated rings. The summed E-state index contributed by atoms with van der Waals surface area (Å²) in [6.07, 6.45) is 3.02. The zero-order valence-corrected chi connectivity index (χ0v) is 9.85. The van der Waals surface area contributed by atoms with Crippen LogP contribution < -0.4 is 10.1 Å². The molecule has 0 aromatic heterocycles. The van der Waals surface area contributed by atoms with E-state index < -0.39 is 0 Å². The third-order valence-electron chi connectivity index (χ3n) is 3.23. The van der Waals surface area contributed by atoms with Gasteiger partial charge in [0.2, 0.25) is 0 Å². The minimum absolute atomic E-state index is 0.118. The first kappa shape index (κ1) is 11.4. The molecule has 16 heavy (non-hydrogen) atoms. The van der Waals surface area contributed by atoms with Crippen molar-refractivity contribution in [1.29, 1.82) is 0 Å². The predicted molar refractivity (Wildman–Crippen MR) is 62.4 cm³/mol. The second kappa shape index (κ2) is 4.83. The van der Waals surface area contributed by atoms with Crippen LogP contribution in [0.4, 0.5) is 4.39 Å². The molecule has 1 N–H and O–H groups in total. The first-order valence-corrected chi connectivity index (χ1v) is 5.77. The molecule has 2 rings (SSSR count). The van der Waals surface area contributed by atoms with Crippen LogP contribution in [0.2, 0.25) is 0 Å². The summed E-state index contributed by atoms with van der Waals surface area (Å²) < 4.78 is 19.2. The highest BCUT2D eigenvalue weighted by molar-refractivity contribution is 5.39. The normalized spacial score (nSPS) is 20.1. The lowest BCUT2D eigenvalue weighted by Gasteiger charge is -2.15. The molecule has 1 aliphatic rings. The van der Waals surface area contributed by atoms with Crippen LogP contribution in [-0.2, 0) is 6.42 Å². The molecule has 0 spiro atoms. The molecular formula is C13H18FNO. The van der Waals surface area contributed by atoms with E-state index in [-0.39, 0.29) is 5.82 Å². The van der Waals surface area contributed by atoms with Gasteiger partial charge >= 0.3 is 0 Å². The summed E-state index contributed by atoms with van der Waals surface area (Å²) in [4.78, 5) is 0. The zero-order valence-electron chi connectivity index (χ0n) is 9.85. The first-order valence-electron chi connectivity index (χ1n) is 5.77. The quantitative estimate of drug-likeness (QED) is 0.849. The molecule has 2 nitrogen and oxygen atoms in total. The Morgan fingerprint density at radius 3 is 2.94 bits per heavy atom. The van der Waals surface area contributed by atoms with Crippen LogP contribution in [0.5, 0.6) is 5.75 Å². The molecule has 0 saturated carbocycles. The molecule has 1 aliphatic heterocycles. The second-order valence-electron chi connectivity index (χ2n) is 4.37. The Balaban J connectivity index is 2.25. The van der Waals surface area contributed by atoms with Gasteiger partial charge in [0.1, 0.15) is 11.6 Å². The molecule has 1 aromatic rings. The van der Waals surface area contributed by atoms with Crippen molar-refractivity contribution in [2.45, 2.75) is 32.2 Å². The molecule has 1 heterocycles. The standard InChI is InChI=1S/C13H18FNO/c1-9-5-6-12(16-2)11(13(9)14)8-10-4-3-7-15-10/h5-6,10,15H,3-4,7-8H2,1-2H3. The SMILES string of the molecule is COc1ccc(C)c(F)c1CC1CCCN1. The maximum absolute atomic E-state index is 14.0. The van der Waals surface area contributed by atoms with E-state index in [4.69, 9.17) is 4.74 Å². The van der Waals surface area contributed by atoms with Gasteiger partial charge in [-0.15, -0.1) is 0 Å². The number of halogens is 1. The molecule has 1 aromatic carbocycles. The summed E-state index contributed by atoms with van der Waals surface area (Å²) in [5.41, 5.74) is 1.40. The minimum atomic E-state index is -0.118. The predicted octanol–water partition coefficient (Wildman–Crippen LogP) is 2.44. The lowest BCUT2D eigenvalue weighted by atomic mass is 10.0. The summed E-state index contributed by atoms with van der Waals surface area (Å²) in [5.74, 6) is 0.546. The Kier molecular flexibility index (Phi) is 3.44. The number of hydrogen-bond acceptors (Lipinski definition) is 2. The Hall–Kier alpha value is -1.09. The molecule has 88 valence electrons. The highest BCUT2D eigenvalue weighted by Crippen LogP contribution is 2.26. The molecule has 0 aliphatic carbocycles. The number of methoxy groups -OCH3 is 1. The minimum Gasteiger partial charge on any atom is -0.496 e. The van der Waals surface area contributed by atoms with Crippen LogP contribution in [0, 0.1) is 12.7 Å². The van der Waals surface area contributed by atoms with Crippen molar-refractivity contribution in [3.8, 4) is 5.75 Å². The first-order chi connectivity index (χ1) is 7.72. The molecule has 1 saturated heterocycles. The summed E-state index contributed by atoms with van der Waals surface area (Å²) >= 11 is 0. The van der Waals surface area contributed by atoms with E-state index in [2.05, 4.69) is 5.32 Å². The maximum Gasteiger partial charge on any atom is 0.133 e. The van der Waals surface area contributed by atoms with Crippen LogP contribution in [0.1, 0.15) is 24.0 Å². The van der Waals surface area contributed by atoms with E-state index in [1.807, 2.05) is 6.07 Å².